The minimum absolute atomic E-state index is 0.143. The van der Waals surface area contributed by atoms with Crippen molar-refractivity contribution in [3.8, 4) is 6.07 Å². The molecule has 100 valence electrons. The second kappa shape index (κ2) is 5.41. The van der Waals surface area contributed by atoms with Crippen LogP contribution in [0.5, 0.6) is 0 Å². The minimum Gasteiger partial charge on any atom is -0.399 e. The highest BCUT2D eigenvalue weighted by Gasteiger charge is 2.16. The Bertz CT molecular complexity index is 720. The van der Waals surface area contributed by atoms with E-state index in [0.29, 0.717) is 22.5 Å². The van der Waals surface area contributed by atoms with E-state index in [4.69, 9.17) is 11.0 Å². The number of halogens is 1. The Morgan fingerprint density at radius 3 is 2.75 bits per heavy atom. The van der Waals surface area contributed by atoms with Crippen LogP contribution in [-0.4, -0.2) is 5.91 Å². The van der Waals surface area contributed by atoms with E-state index in [2.05, 4.69) is 5.32 Å². The summed E-state index contributed by atoms with van der Waals surface area (Å²) in [5.74, 6) is -1.26. The lowest BCUT2D eigenvalue weighted by Crippen LogP contribution is -2.15. The van der Waals surface area contributed by atoms with Crippen LogP contribution in [0.4, 0.5) is 15.8 Å². The Labute approximate surface area is 115 Å². The summed E-state index contributed by atoms with van der Waals surface area (Å²) in [6.45, 7) is 1.53. The number of hydrogen-bond acceptors (Lipinski definition) is 3. The number of nitrogens with zero attached hydrogens (tertiary/aromatic N) is 1. The minimum atomic E-state index is -0.638. The Balaban J connectivity index is 2.36. The van der Waals surface area contributed by atoms with Crippen molar-refractivity contribution in [2.75, 3.05) is 11.1 Å². The third-order valence-electron chi connectivity index (χ3n) is 2.82. The van der Waals surface area contributed by atoms with E-state index in [0.717, 1.165) is 0 Å². The summed E-state index contributed by atoms with van der Waals surface area (Å²) in [6, 6.07) is 11.2. The van der Waals surface area contributed by atoms with Gasteiger partial charge >= 0.3 is 0 Å². The van der Waals surface area contributed by atoms with Crippen LogP contribution in [0.1, 0.15) is 21.5 Å². The van der Waals surface area contributed by atoms with Crippen molar-refractivity contribution in [2.45, 2.75) is 6.92 Å². The number of nitrogens with one attached hydrogen (secondary N) is 1. The molecule has 2 rings (SSSR count). The molecule has 20 heavy (non-hydrogen) atoms. The zero-order chi connectivity index (χ0) is 14.7. The Morgan fingerprint density at radius 1 is 1.35 bits per heavy atom. The maximum absolute atomic E-state index is 13.9. The van der Waals surface area contributed by atoms with Gasteiger partial charge in [-0.15, -0.1) is 0 Å². The fourth-order valence-electron chi connectivity index (χ4n) is 1.84. The molecule has 0 atom stereocenters. The lowest BCUT2D eigenvalue weighted by Gasteiger charge is -2.09. The van der Waals surface area contributed by atoms with Crippen molar-refractivity contribution >= 4 is 17.3 Å². The first-order valence-corrected chi connectivity index (χ1v) is 5.89. The van der Waals surface area contributed by atoms with Crippen molar-refractivity contribution in [2.24, 2.45) is 0 Å². The zero-order valence-corrected chi connectivity index (χ0v) is 10.8. The van der Waals surface area contributed by atoms with E-state index in [1.54, 1.807) is 24.3 Å². The molecule has 0 saturated heterocycles. The Morgan fingerprint density at radius 2 is 2.05 bits per heavy atom. The molecule has 0 radical (unpaired) electrons. The highest BCUT2D eigenvalue weighted by Crippen LogP contribution is 2.20. The van der Waals surface area contributed by atoms with Crippen molar-refractivity contribution in [3.63, 3.8) is 0 Å². The quantitative estimate of drug-likeness (QED) is 0.823. The molecule has 1 amide bonds. The number of benzene rings is 2. The van der Waals surface area contributed by atoms with Crippen LogP contribution in [-0.2, 0) is 0 Å². The average Bonchev–Trinajstić information content (AvgIpc) is 2.43. The topological polar surface area (TPSA) is 78.9 Å². The number of para-hydroxylation sites is 1. The van der Waals surface area contributed by atoms with Crippen LogP contribution in [0, 0.1) is 24.1 Å². The number of nitrogen functional groups attached to an aromatic ring is 1. The largest absolute Gasteiger partial charge is 0.399 e. The summed E-state index contributed by atoms with van der Waals surface area (Å²) in [7, 11) is 0. The SMILES string of the molecule is Cc1cc(N)cc(C(=O)Nc2ccccc2C#N)c1F. The predicted molar refractivity (Wildman–Crippen MR) is 74.7 cm³/mol. The summed E-state index contributed by atoms with van der Waals surface area (Å²) in [4.78, 5) is 12.1. The van der Waals surface area contributed by atoms with Gasteiger partial charge in [0.25, 0.3) is 5.91 Å². The molecular formula is C15H12FN3O. The van der Waals surface area contributed by atoms with Gasteiger partial charge in [0.2, 0.25) is 0 Å². The zero-order valence-electron chi connectivity index (χ0n) is 10.8. The van der Waals surface area contributed by atoms with E-state index in [1.807, 2.05) is 6.07 Å². The Kier molecular flexibility index (Phi) is 3.67. The summed E-state index contributed by atoms with van der Waals surface area (Å²) in [5.41, 5.74) is 6.72. The monoisotopic (exact) mass is 269 g/mol. The number of amides is 1. The molecule has 0 aliphatic heterocycles. The van der Waals surface area contributed by atoms with E-state index in [1.165, 1.54) is 19.1 Å². The average molecular weight is 269 g/mol. The van der Waals surface area contributed by atoms with Gasteiger partial charge in [0.15, 0.2) is 0 Å². The normalized spacial score (nSPS) is 9.85. The molecule has 2 aromatic rings. The molecule has 0 aliphatic rings. The van der Waals surface area contributed by atoms with Crippen molar-refractivity contribution in [1.29, 1.82) is 5.26 Å². The second-order valence-corrected chi connectivity index (χ2v) is 4.31. The van der Waals surface area contributed by atoms with Crippen molar-refractivity contribution in [3.05, 3.63) is 58.9 Å². The molecule has 0 unspecified atom stereocenters. The van der Waals surface area contributed by atoms with Crippen LogP contribution in [0.25, 0.3) is 0 Å². The fourth-order valence-corrected chi connectivity index (χ4v) is 1.84. The number of carbonyl (C=O) groups is 1. The number of carbonyl (C=O) groups excluding carboxylic acids is 1. The van der Waals surface area contributed by atoms with Gasteiger partial charge in [-0.05, 0) is 36.8 Å². The highest BCUT2D eigenvalue weighted by atomic mass is 19.1. The number of rotatable bonds is 2. The molecule has 0 heterocycles. The maximum Gasteiger partial charge on any atom is 0.258 e. The smallest absolute Gasteiger partial charge is 0.258 e. The summed E-state index contributed by atoms with van der Waals surface area (Å²) in [5, 5.41) is 11.5. The maximum atomic E-state index is 13.9. The number of aryl methyl sites for hydroxylation is 1. The van der Waals surface area contributed by atoms with Crippen molar-refractivity contribution in [1.82, 2.24) is 0 Å². The number of nitriles is 1. The third kappa shape index (κ3) is 2.59. The van der Waals surface area contributed by atoms with Gasteiger partial charge in [-0.1, -0.05) is 12.1 Å². The molecule has 0 saturated carbocycles. The fraction of sp³-hybridized carbons (Fsp3) is 0.0667. The first-order chi connectivity index (χ1) is 9.52. The molecule has 0 aliphatic carbocycles. The van der Waals surface area contributed by atoms with Gasteiger partial charge < -0.3 is 11.1 Å². The number of nitrogens with two attached hydrogens (primary N) is 1. The molecular weight excluding hydrogens is 257 g/mol. The van der Waals surface area contributed by atoms with Crippen molar-refractivity contribution < 1.29 is 9.18 Å². The Hall–Kier alpha value is -2.87. The third-order valence-corrected chi connectivity index (χ3v) is 2.82. The van der Waals surface area contributed by atoms with Crippen LogP contribution in [0.15, 0.2) is 36.4 Å². The van der Waals surface area contributed by atoms with E-state index >= 15 is 0 Å². The van der Waals surface area contributed by atoms with Crippen LogP contribution >= 0.6 is 0 Å². The van der Waals surface area contributed by atoms with Gasteiger partial charge in [0.1, 0.15) is 11.9 Å². The van der Waals surface area contributed by atoms with Crippen LogP contribution < -0.4 is 11.1 Å². The highest BCUT2D eigenvalue weighted by molar-refractivity contribution is 6.05. The van der Waals surface area contributed by atoms with Gasteiger partial charge in [-0.2, -0.15) is 5.26 Å². The van der Waals surface area contributed by atoms with Gasteiger partial charge in [-0.25, -0.2) is 4.39 Å². The molecule has 5 heteroatoms. The van der Waals surface area contributed by atoms with E-state index in [-0.39, 0.29) is 5.56 Å². The molecule has 3 N–H and O–H groups in total. The van der Waals surface area contributed by atoms with Gasteiger partial charge in [0.05, 0.1) is 16.8 Å². The summed E-state index contributed by atoms with van der Waals surface area (Å²) >= 11 is 0. The lowest BCUT2D eigenvalue weighted by atomic mass is 10.1. The second-order valence-electron chi connectivity index (χ2n) is 4.31. The van der Waals surface area contributed by atoms with Gasteiger partial charge in [0, 0.05) is 5.69 Å². The molecule has 0 spiro atoms. The molecule has 4 nitrogen and oxygen atoms in total. The first-order valence-electron chi connectivity index (χ1n) is 5.89. The number of anilines is 2. The van der Waals surface area contributed by atoms with Crippen LogP contribution in [0.3, 0.4) is 0 Å². The lowest BCUT2D eigenvalue weighted by molar-refractivity contribution is 0.102. The predicted octanol–water partition coefficient (Wildman–Crippen LogP) is 2.84. The molecule has 2 aromatic carbocycles. The van der Waals surface area contributed by atoms with Crippen LogP contribution in [0.2, 0.25) is 0 Å². The van der Waals surface area contributed by atoms with Gasteiger partial charge in [-0.3, -0.25) is 4.79 Å². The standard InChI is InChI=1S/C15H12FN3O/c1-9-6-11(18)7-12(14(9)16)15(20)19-13-5-3-2-4-10(13)8-17/h2-7H,18H2,1H3,(H,19,20). The molecule has 0 fully saturated rings. The summed E-state index contributed by atoms with van der Waals surface area (Å²) < 4.78 is 13.9. The molecule has 0 aromatic heterocycles. The number of hydrogen-bond donors (Lipinski definition) is 2. The first kappa shape index (κ1) is 13.6. The molecule has 0 bridgehead atoms. The van der Waals surface area contributed by atoms with E-state index in [9.17, 15) is 9.18 Å². The van der Waals surface area contributed by atoms with E-state index < -0.39 is 11.7 Å². The summed E-state index contributed by atoms with van der Waals surface area (Å²) in [6.07, 6.45) is 0.